The van der Waals surface area contributed by atoms with E-state index in [4.69, 9.17) is 9.84 Å². The summed E-state index contributed by atoms with van der Waals surface area (Å²) in [6.07, 6.45) is 0. The Hall–Kier alpha value is -1.35. The maximum Gasteiger partial charge on any atom is 0.313 e. The molecule has 0 aliphatic heterocycles. The lowest BCUT2D eigenvalue weighted by Crippen LogP contribution is -2.14. The third-order valence-electron chi connectivity index (χ3n) is 1.77. The first kappa shape index (κ1) is 10.7. The van der Waals surface area contributed by atoms with Crippen molar-refractivity contribution in [1.82, 2.24) is 0 Å². The molecule has 0 saturated carbocycles. The summed E-state index contributed by atoms with van der Waals surface area (Å²) in [7, 11) is 0. The molecule has 0 fully saturated rings. The van der Waals surface area contributed by atoms with E-state index in [1.165, 1.54) is 0 Å². The maximum absolute atomic E-state index is 11.2. The molecule has 14 heavy (non-hydrogen) atoms. The van der Waals surface area contributed by atoms with Crippen molar-refractivity contribution < 1.29 is 14.6 Å². The SMILES string of the molecule is CC(C)C(=O)Oc1cccc(CO)c1. The minimum absolute atomic E-state index is 0.0485. The zero-order valence-electron chi connectivity index (χ0n) is 8.36. The average Bonchev–Trinajstić information content (AvgIpc) is 2.18. The van der Waals surface area contributed by atoms with Crippen molar-refractivity contribution in [2.24, 2.45) is 5.92 Å². The van der Waals surface area contributed by atoms with Gasteiger partial charge in [-0.2, -0.15) is 0 Å². The average molecular weight is 194 g/mol. The van der Waals surface area contributed by atoms with Crippen molar-refractivity contribution >= 4 is 5.97 Å². The van der Waals surface area contributed by atoms with Crippen LogP contribution in [0.3, 0.4) is 0 Å². The van der Waals surface area contributed by atoms with E-state index in [0.717, 1.165) is 5.56 Å². The maximum atomic E-state index is 11.2. The monoisotopic (exact) mass is 194 g/mol. The molecule has 1 aromatic rings. The summed E-state index contributed by atoms with van der Waals surface area (Å²) in [4.78, 5) is 11.2. The lowest BCUT2D eigenvalue weighted by molar-refractivity contribution is -0.137. The van der Waals surface area contributed by atoms with Gasteiger partial charge in [0.2, 0.25) is 0 Å². The molecule has 1 rings (SSSR count). The molecule has 0 unspecified atom stereocenters. The number of ether oxygens (including phenoxy) is 1. The molecule has 3 heteroatoms. The number of hydrogen-bond donors (Lipinski definition) is 1. The van der Waals surface area contributed by atoms with Gasteiger partial charge in [0.05, 0.1) is 12.5 Å². The van der Waals surface area contributed by atoms with Crippen molar-refractivity contribution in [3.8, 4) is 5.75 Å². The van der Waals surface area contributed by atoms with E-state index in [9.17, 15) is 4.79 Å². The summed E-state index contributed by atoms with van der Waals surface area (Å²) >= 11 is 0. The molecule has 0 bridgehead atoms. The van der Waals surface area contributed by atoms with Gasteiger partial charge in [-0.25, -0.2) is 0 Å². The van der Waals surface area contributed by atoms with Crippen LogP contribution in [-0.2, 0) is 11.4 Å². The number of aliphatic hydroxyl groups is 1. The minimum atomic E-state index is -0.264. The van der Waals surface area contributed by atoms with Crippen molar-refractivity contribution in [2.45, 2.75) is 20.5 Å². The molecule has 0 aliphatic rings. The Morgan fingerprint density at radius 2 is 2.21 bits per heavy atom. The summed E-state index contributed by atoms with van der Waals surface area (Å²) in [6.45, 7) is 3.50. The van der Waals surface area contributed by atoms with E-state index in [1.807, 2.05) is 0 Å². The van der Waals surface area contributed by atoms with Crippen molar-refractivity contribution in [2.75, 3.05) is 0 Å². The standard InChI is InChI=1S/C11H14O3/c1-8(2)11(13)14-10-5-3-4-9(6-10)7-12/h3-6,8,12H,7H2,1-2H3. The smallest absolute Gasteiger partial charge is 0.313 e. The van der Waals surface area contributed by atoms with Gasteiger partial charge in [-0.15, -0.1) is 0 Å². The van der Waals surface area contributed by atoms with Crippen LogP contribution in [-0.4, -0.2) is 11.1 Å². The number of esters is 1. The predicted molar refractivity (Wildman–Crippen MR) is 52.8 cm³/mol. The van der Waals surface area contributed by atoms with Crippen LogP contribution in [0.4, 0.5) is 0 Å². The molecular formula is C11H14O3. The van der Waals surface area contributed by atoms with E-state index >= 15 is 0 Å². The summed E-state index contributed by atoms with van der Waals surface area (Å²) in [5, 5.41) is 8.86. The second-order valence-corrected chi connectivity index (χ2v) is 3.38. The van der Waals surface area contributed by atoms with E-state index in [1.54, 1.807) is 38.1 Å². The van der Waals surface area contributed by atoms with Crippen LogP contribution in [0.1, 0.15) is 19.4 Å². The van der Waals surface area contributed by atoms with Crippen molar-refractivity contribution in [3.05, 3.63) is 29.8 Å². The molecule has 0 radical (unpaired) electrons. The molecule has 76 valence electrons. The second kappa shape index (κ2) is 4.77. The van der Waals surface area contributed by atoms with Crippen LogP contribution >= 0.6 is 0 Å². The van der Waals surface area contributed by atoms with Gasteiger partial charge < -0.3 is 9.84 Å². The van der Waals surface area contributed by atoms with Crippen LogP contribution in [0, 0.1) is 5.92 Å². The van der Waals surface area contributed by atoms with E-state index < -0.39 is 0 Å². The highest BCUT2D eigenvalue weighted by molar-refractivity contribution is 5.74. The molecule has 0 saturated heterocycles. The minimum Gasteiger partial charge on any atom is -0.426 e. The third kappa shape index (κ3) is 2.85. The first-order valence-corrected chi connectivity index (χ1v) is 4.55. The molecule has 0 aliphatic carbocycles. The molecule has 0 atom stereocenters. The number of rotatable bonds is 3. The van der Waals surface area contributed by atoms with Crippen LogP contribution in [0.25, 0.3) is 0 Å². The van der Waals surface area contributed by atoms with Gasteiger partial charge in [0, 0.05) is 0 Å². The number of carbonyl (C=O) groups excluding carboxylic acids is 1. The van der Waals surface area contributed by atoms with Crippen LogP contribution in [0.5, 0.6) is 5.75 Å². The largest absolute Gasteiger partial charge is 0.426 e. The highest BCUT2D eigenvalue weighted by Gasteiger charge is 2.09. The lowest BCUT2D eigenvalue weighted by atomic mass is 10.2. The highest BCUT2D eigenvalue weighted by atomic mass is 16.5. The molecule has 3 nitrogen and oxygen atoms in total. The Labute approximate surface area is 83.3 Å². The first-order valence-electron chi connectivity index (χ1n) is 4.55. The summed E-state index contributed by atoms with van der Waals surface area (Å²) in [5.74, 6) is 0.0723. The predicted octanol–water partition coefficient (Wildman–Crippen LogP) is 1.74. The Balaban J connectivity index is 2.72. The van der Waals surface area contributed by atoms with Gasteiger partial charge in [-0.3, -0.25) is 4.79 Å². The van der Waals surface area contributed by atoms with E-state index in [2.05, 4.69) is 0 Å². The molecule has 0 amide bonds. The van der Waals surface area contributed by atoms with Gasteiger partial charge in [-0.1, -0.05) is 26.0 Å². The van der Waals surface area contributed by atoms with Crippen LogP contribution in [0.2, 0.25) is 0 Å². The molecule has 1 N–H and O–H groups in total. The van der Waals surface area contributed by atoms with Gasteiger partial charge in [0.1, 0.15) is 5.75 Å². The first-order chi connectivity index (χ1) is 6.63. The zero-order valence-corrected chi connectivity index (χ0v) is 8.36. The summed E-state index contributed by atoms with van der Waals surface area (Å²) in [6, 6.07) is 6.86. The third-order valence-corrected chi connectivity index (χ3v) is 1.77. The molecular weight excluding hydrogens is 180 g/mol. The van der Waals surface area contributed by atoms with Crippen LogP contribution < -0.4 is 4.74 Å². The van der Waals surface area contributed by atoms with Gasteiger partial charge in [0.25, 0.3) is 0 Å². The molecule has 0 aromatic heterocycles. The quantitative estimate of drug-likeness (QED) is 0.589. The fourth-order valence-corrected chi connectivity index (χ4v) is 0.941. The molecule has 1 aromatic carbocycles. The zero-order chi connectivity index (χ0) is 10.6. The van der Waals surface area contributed by atoms with Crippen molar-refractivity contribution in [1.29, 1.82) is 0 Å². The van der Waals surface area contributed by atoms with E-state index in [-0.39, 0.29) is 18.5 Å². The summed E-state index contributed by atoms with van der Waals surface area (Å²) in [5.41, 5.74) is 0.735. The second-order valence-electron chi connectivity index (χ2n) is 3.38. The Morgan fingerprint density at radius 3 is 2.79 bits per heavy atom. The Morgan fingerprint density at radius 1 is 1.50 bits per heavy atom. The lowest BCUT2D eigenvalue weighted by Gasteiger charge is -2.07. The normalized spacial score (nSPS) is 10.3. The number of carbonyl (C=O) groups is 1. The van der Waals surface area contributed by atoms with Crippen LogP contribution in [0.15, 0.2) is 24.3 Å². The van der Waals surface area contributed by atoms with Gasteiger partial charge in [0.15, 0.2) is 0 Å². The fraction of sp³-hybridized carbons (Fsp3) is 0.364. The van der Waals surface area contributed by atoms with Crippen molar-refractivity contribution in [3.63, 3.8) is 0 Å². The molecule has 0 spiro atoms. The van der Waals surface area contributed by atoms with Gasteiger partial charge >= 0.3 is 5.97 Å². The highest BCUT2D eigenvalue weighted by Crippen LogP contribution is 2.14. The fourth-order valence-electron chi connectivity index (χ4n) is 0.941. The Kier molecular flexibility index (Phi) is 3.65. The van der Waals surface area contributed by atoms with E-state index in [0.29, 0.717) is 5.75 Å². The number of benzene rings is 1. The number of hydrogen-bond acceptors (Lipinski definition) is 3. The van der Waals surface area contributed by atoms with Gasteiger partial charge in [-0.05, 0) is 17.7 Å². The molecule has 0 heterocycles. The topological polar surface area (TPSA) is 46.5 Å². The number of aliphatic hydroxyl groups excluding tert-OH is 1. The Bertz CT molecular complexity index is 318. The summed E-state index contributed by atoms with van der Waals surface area (Å²) < 4.78 is 5.07.